The number of benzene rings is 4. The number of carboxylic acid groups (broad SMARTS) is 2. The summed E-state index contributed by atoms with van der Waals surface area (Å²) in [5, 5.41) is 29.7. The van der Waals surface area contributed by atoms with Gasteiger partial charge in [0, 0.05) is 5.56 Å². The van der Waals surface area contributed by atoms with Crippen LogP contribution >= 0.6 is 0 Å². The van der Waals surface area contributed by atoms with E-state index in [0.29, 0.717) is 5.56 Å². The molecule has 0 atom stereocenters. The third-order valence-corrected chi connectivity index (χ3v) is 6.34. The van der Waals surface area contributed by atoms with Gasteiger partial charge in [0.1, 0.15) is 5.75 Å². The molecule has 4 aromatic rings. The maximum Gasteiger partial charge on any atom is 0.335 e. The summed E-state index contributed by atoms with van der Waals surface area (Å²) >= 11 is 0. The number of hydrogen-bond donors (Lipinski definition) is 4. The van der Waals surface area contributed by atoms with Crippen LogP contribution in [0, 0.1) is 0 Å². The fourth-order valence-electron chi connectivity index (χ4n) is 4.88. The molecule has 162 valence electrons. The number of anilines is 1. The van der Waals surface area contributed by atoms with Gasteiger partial charge in [-0.25, -0.2) is 9.59 Å². The number of aromatic hydroxyl groups is 1. The van der Waals surface area contributed by atoms with Gasteiger partial charge < -0.3 is 21.1 Å². The molecule has 0 radical (unpaired) electrons. The van der Waals surface area contributed by atoms with Gasteiger partial charge in [-0.05, 0) is 58.1 Å². The van der Waals surface area contributed by atoms with E-state index >= 15 is 0 Å². The first-order valence-electron chi connectivity index (χ1n) is 10.2. The molecular weight excluding hydrogens is 418 g/mol. The second-order valence-corrected chi connectivity index (χ2v) is 7.99. The number of aromatic carboxylic acids is 2. The third kappa shape index (κ3) is 2.81. The number of phenols is 1. The number of nitrogen functional groups attached to an aromatic ring is 1. The van der Waals surface area contributed by atoms with Crippen molar-refractivity contribution in [2.24, 2.45) is 0 Å². The summed E-state index contributed by atoms with van der Waals surface area (Å²) in [6.07, 6.45) is 0. The molecule has 0 unspecified atom stereocenters. The number of carboxylic acids is 2. The van der Waals surface area contributed by atoms with Crippen LogP contribution in [0.25, 0.3) is 11.1 Å². The molecule has 1 aliphatic rings. The summed E-state index contributed by atoms with van der Waals surface area (Å²) in [7, 11) is 0. The summed E-state index contributed by atoms with van der Waals surface area (Å²) < 4.78 is 0. The second-order valence-electron chi connectivity index (χ2n) is 7.99. The Morgan fingerprint density at radius 1 is 0.667 bits per heavy atom. The standard InChI is InChI=1S/C27H19NO5/c28-22-14-13-21-23(24(22)29)19-3-1-2-4-20(19)27(21,17-9-5-15(6-10-17)25(30)31)18-11-7-16(8-12-18)26(32)33/h1-14,29H,28H2,(H,30,31)(H,32,33). The van der Waals surface area contributed by atoms with E-state index in [1.165, 1.54) is 0 Å². The number of phenolic OH excluding ortho intramolecular Hbond substituents is 1. The molecule has 6 heteroatoms. The Balaban J connectivity index is 1.91. The molecule has 0 bridgehead atoms. The van der Waals surface area contributed by atoms with Crippen molar-refractivity contribution < 1.29 is 24.9 Å². The molecule has 0 saturated carbocycles. The second kappa shape index (κ2) is 7.24. The number of hydrogen-bond acceptors (Lipinski definition) is 4. The topological polar surface area (TPSA) is 121 Å². The normalized spacial score (nSPS) is 13.2. The van der Waals surface area contributed by atoms with E-state index in [1.807, 2.05) is 30.3 Å². The maximum atomic E-state index is 11.5. The van der Waals surface area contributed by atoms with Gasteiger partial charge in [-0.3, -0.25) is 0 Å². The van der Waals surface area contributed by atoms with Crippen molar-refractivity contribution in [3.8, 4) is 16.9 Å². The minimum Gasteiger partial charge on any atom is -0.505 e. The van der Waals surface area contributed by atoms with Gasteiger partial charge in [-0.1, -0.05) is 54.6 Å². The van der Waals surface area contributed by atoms with Crippen molar-refractivity contribution in [3.05, 3.63) is 118 Å². The smallest absolute Gasteiger partial charge is 0.335 e. The van der Waals surface area contributed by atoms with E-state index < -0.39 is 17.4 Å². The van der Waals surface area contributed by atoms with Gasteiger partial charge in [-0.2, -0.15) is 0 Å². The highest BCUT2D eigenvalue weighted by atomic mass is 16.4. The molecule has 33 heavy (non-hydrogen) atoms. The molecule has 6 nitrogen and oxygen atoms in total. The zero-order valence-corrected chi connectivity index (χ0v) is 17.3. The first-order valence-corrected chi connectivity index (χ1v) is 10.2. The Morgan fingerprint density at radius 3 is 1.70 bits per heavy atom. The van der Waals surface area contributed by atoms with Crippen molar-refractivity contribution >= 4 is 17.6 Å². The highest BCUT2D eigenvalue weighted by Gasteiger charge is 2.47. The minimum atomic E-state index is -1.03. The van der Waals surface area contributed by atoms with Crippen molar-refractivity contribution in [2.75, 3.05) is 5.73 Å². The average molecular weight is 437 g/mol. The van der Waals surface area contributed by atoms with Crippen molar-refractivity contribution in [2.45, 2.75) is 5.41 Å². The van der Waals surface area contributed by atoms with E-state index in [1.54, 1.807) is 54.6 Å². The number of fused-ring (bicyclic) bond motifs is 3. The van der Waals surface area contributed by atoms with Crippen LogP contribution in [0.5, 0.6) is 5.75 Å². The van der Waals surface area contributed by atoms with E-state index in [4.69, 9.17) is 5.73 Å². The van der Waals surface area contributed by atoms with Crippen LogP contribution in [0.1, 0.15) is 43.0 Å². The van der Waals surface area contributed by atoms with Crippen LogP contribution in [-0.2, 0) is 5.41 Å². The predicted octanol–water partition coefficient (Wildman–Crippen LogP) is 4.73. The molecule has 0 spiro atoms. The fourth-order valence-corrected chi connectivity index (χ4v) is 4.88. The van der Waals surface area contributed by atoms with E-state index in [9.17, 15) is 24.9 Å². The Kier molecular flexibility index (Phi) is 4.46. The fraction of sp³-hybridized carbons (Fsp3) is 0.0370. The SMILES string of the molecule is Nc1ccc2c(c1O)-c1ccccc1C2(c1ccc(C(=O)O)cc1)c1ccc(C(=O)O)cc1. The van der Waals surface area contributed by atoms with Crippen LogP contribution in [0.3, 0.4) is 0 Å². The van der Waals surface area contributed by atoms with Crippen LogP contribution in [0.2, 0.25) is 0 Å². The Labute approximate surface area is 189 Å². The Hall–Kier alpha value is -4.58. The summed E-state index contributed by atoms with van der Waals surface area (Å²) in [6.45, 7) is 0. The van der Waals surface area contributed by atoms with Gasteiger partial charge in [0.25, 0.3) is 0 Å². The van der Waals surface area contributed by atoms with Gasteiger partial charge in [0.05, 0.1) is 22.2 Å². The summed E-state index contributed by atoms with van der Waals surface area (Å²) in [4.78, 5) is 22.9. The number of rotatable bonds is 4. The molecule has 4 aromatic carbocycles. The van der Waals surface area contributed by atoms with Gasteiger partial charge in [-0.15, -0.1) is 0 Å². The molecule has 1 aliphatic carbocycles. The van der Waals surface area contributed by atoms with E-state index in [0.717, 1.165) is 27.8 Å². The average Bonchev–Trinajstić information content (AvgIpc) is 3.13. The quantitative estimate of drug-likeness (QED) is 0.238. The number of nitrogens with two attached hydrogens (primary N) is 1. The van der Waals surface area contributed by atoms with Gasteiger partial charge >= 0.3 is 11.9 Å². The van der Waals surface area contributed by atoms with Gasteiger partial charge in [0.2, 0.25) is 0 Å². The molecule has 5 rings (SSSR count). The molecule has 0 heterocycles. The first-order chi connectivity index (χ1) is 15.9. The molecule has 0 fully saturated rings. The third-order valence-electron chi connectivity index (χ3n) is 6.34. The molecular formula is C27H19NO5. The zero-order chi connectivity index (χ0) is 23.3. The first kappa shape index (κ1) is 20.3. The zero-order valence-electron chi connectivity index (χ0n) is 17.3. The van der Waals surface area contributed by atoms with Crippen LogP contribution in [0.15, 0.2) is 84.9 Å². The highest BCUT2D eigenvalue weighted by Crippen LogP contribution is 2.59. The van der Waals surface area contributed by atoms with E-state index in [-0.39, 0.29) is 22.6 Å². The lowest BCUT2D eigenvalue weighted by molar-refractivity contribution is 0.0686. The minimum absolute atomic E-state index is 0.0221. The van der Waals surface area contributed by atoms with Crippen molar-refractivity contribution in [1.82, 2.24) is 0 Å². The molecule has 0 aromatic heterocycles. The maximum absolute atomic E-state index is 11.5. The summed E-state index contributed by atoms with van der Waals surface area (Å²) in [5.41, 5.74) is 10.3. The van der Waals surface area contributed by atoms with Crippen molar-refractivity contribution in [1.29, 1.82) is 0 Å². The largest absolute Gasteiger partial charge is 0.505 e. The molecule has 0 amide bonds. The van der Waals surface area contributed by atoms with Crippen LogP contribution in [0.4, 0.5) is 5.69 Å². The summed E-state index contributed by atoms with van der Waals surface area (Å²) in [5.74, 6) is -2.08. The molecule has 5 N–H and O–H groups in total. The predicted molar refractivity (Wildman–Crippen MR) is 124 cm³/mol. The molecule has 0 saturated heterocycles. The lowest BCUT2D eigenvalue weighted by Gasteiger charge is -2.34. The Morgan fingerprint density at radius 2 is 1.18 bits per heavy atom. The highest BCUT2D eigenvalue weighted by molar-refractivity contribution is 5.93. The van der Waals surface area contributed by atoms with Crippen LogP contribution in [-0.4, -0.2) is 27.3 Å². The van der Waals surface area contributed by atoms with E-state index in [2.05, 4.69) is 0 Å². The lowest BCUT2D eigenvalue weighted by atomic mass is 9.67. The van der Waals surface area contributed by atoms with Crippen LogP contribution < -0.4 is 5.73 Å². The number of carbonyl (C=O) groups is 2. The monoisotopic (exact) mass is 437 g/mol. The van der Waals surface area contributed by atoms with Gasteiger partial charge in [0.15, 0.2) is 0 Å². The lowest BCUT2D eigenvalue weighted by Crippen LogP contribution is -2.28. The Bertz CT molecular complexity index is 1360. The molecule has 0 aliphatic heterocycles. The summed E-state index contributed by atoms with van der Waals surface area (Å²) in [6, 6.07) is 24.4. The van der Waals surface area contributed by atoms with Crippen molar-refractivity contribution in [3.63, 3.8) is 0 Å².